The number of halogens is 2. The Labute approximate surface area is 299 Å². The lowest BCUT2D eigenvalue weighted by Gasteiger charge is -2.38. The van der Waals surface area contributed by atoms with Gasteiger partial charge in [0.15, 0.2) is 0 Å². The van der Waals surface area contributed by atoms with E-state index in [9.17, 15) is 13.2 Å². The minimum Gasteiger partial charge on any atom is -0.487 e. The van der Waals surface area contributed by atoms with Gasteiger partial charge in [-0.3, -0.25) is 9.69 Å². The summed E-state index contributed by atoms with van der Waals surface area (Å²) in [7, 11) is -3.64. The summed E-state index contributed by atoms with van der Waals surface area (Å²) in [6, 6.07) is 12.2. The van der Waals surface area contributed by atoms with Crippen LogP contribution in [0.4, 0.5) is 5.69 Å². The maximum Gasteiger partial charge on any atom is 0.244 e. The average molecular weight is 799 g/mol. The summed E-state index contributed by atoms with van der Waals surface area (Å²) < 4.78 is 37.1. The maximum atomic E-state index is 14.1. The second kappa shape index (κ2) is 16.7. The Morgan fingerprint density at radius 2 is 1.85 bits per heavy atom. The lowest BCUT2D eigenvalue weighted by atomic mass is 10.0. The van der Waals surface area contributed by atoms with Gasteiger partial charge in [0.25, 0.3) is 0 Å². The molecule has 3 heterocycles. The highest BCUT2D eigenvalue weighted by Crippen LogP contribution is 2.35. The molecular formula is C35H48ClIN4O5S. The molecule has 0 radical (unpaired) electrons. The maximum absolute atomic E-state index is 14.1. The van der Waals surface area contributed by atoms with Crippen LogP contribution in [0.3, 0.4) is 0 Å². The third-order valence-corrected chi connectivity index (χ3v) is 12.3. The number of amides is 1. The van der Waals surface area contributed by atoms with Gasteiger partial charge < -0.3 is 19.3 Å². The van der Waals surface area contributed by atoms with Crippen molar-refractivity contribution in [2.75, 3.05) is 50.8 Å². The normalized spacial score (nSPS) is 21.8. The Morgan fingerprint density at radius 1 is 1.06 bits per heavy atom. The van der Waals surface area contributed by atoms with E-state index in [1.54, 1.807) is 6.92 Å². The molecule has 0 spiro atoms. The first-order chi connectivity index (χ1) is 22.5. The highest BCUT2D eigenvalue weighted by Gasteiger charge is 2.37. The van der Waals surface area contributed by atoms with E-state index in [0.29, 0.717) is 39.3 Å². The Balaban J connectivity index is 1.39. The first-order valence-electron chi connectivity index (χ1n) is 16.8. The highest BCUT2D eigenvalue weighted by atomic mass is 127. The number of benzene rings is 2. The number of rotatable bonds is 9. The predicted octanol–water partition coefficient (Wildman–Crippen LogP) is 5.62. The number of nitrogens with two attached hydrogens (primary N) is 1. The van der Waals surface area contributed by atoms with Crippen molar-refractivity contribution in [2.24, 2.45) is 11.1 Å². The number of morpholine rings is 1. The van der Waals surface area contributed by atoms with Crippen molar-refractivity contribution in [3.63, 3.8) is 0 Å². The molecule has 9 nitrogen and oxygen atoms in total. The third-order valence-electron chi connectivity index (χ3n) is 9.87. The first-order valence-corrected chi connectivity index (χ1v) is 19.8. The molecule has 2 saturated heterocycles. The number of hydrogen-bond acceptors (Lipinski definition) is 7. The van der Waals surface area contributed by atoms with E-state index in [-0.39, 0.29) is 17.9 Å². The van der Waals surface area contributed by atoms with Gasteiger partial charge in [-0.2, -0.15) is 0 Å². The van der Waals surface area contributed by atoms with E-state index < -0.39 is 21.3 Å². The number of carbonyl (C=O) groups excluding carboxylic acids is 1. The number of aryl methyl sites for hydroxylation is 1. The number of anilines is 1. The van der Waals surface area contributed by atoms with Gasteiger partial charge in [-0.25, -0.2) is 13.6 Å². The molecule has 0 saturated carbocycles. The molecule has 2 fully saturated rings. The Morgan fingerprint density at radius 3 is 2.62 bits per heavy atom. The highest BCUT2D eigenvalue weighted by molar-refractivity contribution is 14.1. The largest absolute Gasteiger partial charge is 0.487 e. The summed E-state index contributed by atoms with van der Waals surface area (Å²) in [5.41, 5.74) is 3.49. The van der Waals surface area contributed by atoms with Crippen LogP contribution in [0.2, 0.25) is 5.02 Å². The van der Waals surface area contributed by atoms with Gasteiger partial charge >= 0.3 is 0 Å². The third kappa shape index (κ3) is 9.63. The van der Waals surface area contributed by atoms with Crippen LogP contribution in [-0.4, -0.2) is 87.4 Å². The molecule has 2 aromatic rings. The molecule has 258 valence electrons. The first kappa shape index (κ1) is 36.4. The van der Waals surface area contributed by atoms with Crippen molar-refractivity contribution in [3.05, 3.63) is 68.3 Å². The standard InChI is InChI=1S/C35H48ClIN4O5S/c1-25(26(2)47(38,43)44)7-5-10-32(35(42)39-17-19-45-20-18-39)41-16-6-9-31(41)23-40-15-4-3-8-27-21-29(36)12-11-28(27)24-46-34-14-13-30(37)22-33(34)40/h5,10-14,21-22,25-26,31-32H,3-4,6-9,15-20,23-24H2,1-2H3,(H2,38,43,44)/b10-5+/t25-,26+,31-,32?/m0/s1. The van der Waals surface area contributed by atoms with Gasteiger partial charge in [0, 0.05) is 40.8 Å². The van der Waals surface area contributed by atoms with Crippen LogP contribution in [-0.2, 0) is 32.6 Å². The fraction of sp³-hybridized carbons (Fsp3) is 0.571. The molecule has 1 unspecified atom stereocenters. The summed E-state index contributed by atoms with van der Waals surface area (Å²) in [6.45, 7) is 8.69. The van der Waals surface area contributed by atoms with Gasteiger partial charge in [0.05, 0.1) is 24.2 Å². The summed E-state index contributed by atoms with van der Waals surface area (Å²) >= 11 is 8.73. The van der Waals surface area contributed by atoms with Gasteiger partial charge in [0.2, 0.25) is 15.9 Å². The van der Waals surface area contributed by atoms with Gasteiger partial charge in [-0.05, 0) is 122 Å². The predicted molar refractivity (Wildman–Crippen MR) is 196 cm³/mol. The Hall–Kier alpha value is -1.90. The van der Waals surface area contributed by atoms with E-state index in [0.717, 1.165) is 71.8 Å². The van der Waals surface area contributed by atoms with Crippen molar-refractivity contribution in [1.82, 2.24) is 9.80 Å². The topological polar surface area (TPSA) is 105 Å². The molecule has 3 aliphatic heterocycles. The van der Waals surface area contributed by atoms with Gasteiger partial charge in [0.1, 0.15) is 18.4 Å². The Bertz CT molecular complexity index is 1520. The van der Waals surface area contributed by atoms with Crippen LogP contribution < -0.4 is 14.8 Å². The number of carbonyl (C=O) groups is 1. The quantitative estimate of drug-likeness (QED) is 0.260. The van der Waals surface area contributed by atoms with E-state index in [4.69, 9.17) is 26.2 Å². The number of fused-ring (bicyclic) bond motifs is 2. The number of hydrogen-bond donors (Lipinski definition) is 1. The zero-order chi connectivity index (χ0) is 33.6. The zero-order valence-electron chi connectivity index (χ0n) is 27.5. The van der Waals surface area contributed by atoms with Crippen molar-refractivity contribution >= 4 is 55.8 Å². The fourth-order valence-electron chi connectivity index (χ4n) is 6.83. The summed E-state index contributed by atoms with van der Waals surface area (Å²) in [5, 5.41) is 5.51. The van der Waals surface area contributed by atoms with E-state index in [1.807, 2.05) is 30.0 Å². The minimum atomic E-state index is -3.64. The second-order valence-corrected chi connectivity index (χ2v) is 16.7. The molecule has 3 aliphatic rings. The number of ether oxygens (including phenoxy) is 2. The monoisotopic (exact) mass is 798 g/mol. The van der Waals surface area contributed by atoms with Crippen LogP contribution >= 0.6 is 34.2 Å². The molecule has 2 N–H and O–H groups in total. The molecular weight excluding hydrogens is 751 g/mol. The van der Waals surface area contributed by atoms with Crippen molar-refractivity contribution < 1.29 is 22.7 Å². The average Bonchev–Trinajstić information content (AvgIpc) is 3.50. The lowest BCUT2D eigenvalue weighted by molar-refractivity contribution is -0.139. The van der Waals surface area contributed by atoms with E-state index in [2.05, 4.69) is 62.7 Å². The van der Waals surface area contributed by atoms with E-state index in [1.165, 1.54) is 11.1 Å². The second-order valence-electron chi connectivity index (χ2n) is 13.1. The van der Waals surface area contributed by atoms with Crippen molar-refractivity contribution in [1.29, 1.82) is 0 Å². The zero-order valence-corrected chi connectivity index (χ0v) is 31.2. The summed E-state index contributed by atoms with van der Waals surface area (Å²) in [5.74, 6) is 0.765. The summed E-state index contributed by atoms with van der Waals surface area (Å²) in [4.78, 5) is 20.8. The number of sulfonamides is 1. The van der Waals surface area contributed by atoms with Crippen molar-refractivity contribution in [3.8, 4) is 5.75 Å². The summed E-state index contributed by atoms with van der Waals surface area (Å²) in [6.07, 6.45) is 9.48. The fourth-order valence-corrected chi connectivity index (χ4v) is 8.26. The molecule has 1 amide bonds. The smallest absolute Gasteiger partial charge is 0.244 e. The molecule has 5 rings (SSSR count). The lowest BCUT2D eigenvalue weighted by Crippen LogP contribution is -2.54. The molecule has 4 atom stereocenters. The minimum absolute atomic E-state index is 0.0794. The van der Waals surface area contributed by atoms with E-state index >= 15 is 0 Å². The Kier molecular flexibility index (Phi) is 12.9. The van der Waals surface area contributed by atoms with Crippen LogP contribution in [0, 0.1) is 9.49 Å². The molecule has 47 heavy (non-hydrogen) atoms. The van der Waals surface area contributed by atoms with Crippen LogP contribution in [0.5, 0.6) is 5.75 Å². The molecule has 0 aliphatic carbocycles. The molecule has 12 heteroatoms. The van der Waals surface area contributed by atoms with Gasteiger partial charge in [-0.1, -0.05) is 36.7 Å². The SMILES string of the molecule is C[C@H]([C@@H](C)C/C=C/C(C(=O)N1CCOCC1)N1CCC[C@H]1CN1CCCCc2cc(Cl)ccc2COc2ccc(I)cc21)S(N)(=O)=O. The van der Waals surface area contributed by atoms with Crippen LogP contribution in [0.25, 0.3) is 0 Å². The van der Waals surface area contributed by atoms with Gasteiger partial charge in [-0.15, -0.1) is 0 Å². The molecule has 0 aromatic heterocycles. The van der Waals surface area contributed by atoms with Crippen molar-refractivity contribution in [2.45, 2.75) is 76.3 Å². The van der Waals surface area contributed by atoms with Crippen LogP contribution in [0.15, 0.2) is 48.6 Å². The van der Waals surface area contributed by atoms with Crippen LogP contribution in [0.1, 0.15) is 57.1 Å². The number of allylic oxidation sites excluding steroid dienone is 1. The molecule has 2 aromatic carbocycles. The number of likely N-dealkylation sites (tertiary alicyclic amines) is 1. The molecule has 0 bridgehead atoms. The number of nitrogens with zero attached hydrogens (tertiary/aromatic N) is 3. The number of primary sulfonamides is 1.